The molecule has 0 bridgehead atoms. The van der Waals surface area contributed by atoms with Gasteiger partial charge in [-0.15, -0.1) is 0 Å². The Labute approximate surface area is 129 Å². The van der Waals surface area contributed by atoms with E-state index in [1.807, 2.05) is 19.9 Å². The van der Waals surface area contributed by atoms with Crippen LogP contribution in [-0.2, 0) is 0 Å². The van der Waals surface area contributed by atoms with Gasteiger partial charge in [-0.05, 0) is 68.1 Å². The Kier molecular flexibility index (Phi) is 2.96. The van der Waals surface area contributed by atoms with Crippen LogP contribution in [0.2, 0.25) is 0 Å². The summed E-state index contributed by atoms with van der Waals surface area (Å²) in [7, 11) is 1.69. The van der Waals surface area contributed by atoms with Gasteiger partial charge in [-0.2, -0.15) is 0 Å². The average molecular weight is 293 g/mol. The second-order valence-electron chi connectivity index (χ2n) is 6.12. The van der Waals surface area contributed by atoms with Crippen LogP contribution in [0.5, 0.6) is 5.75 Å². The van der Waals surface area contributed by atoms with E-state index in [-0.39, 0.29) is 0 Å². The summed E-state index contributed by atoms with van der Waals surface area (Å²) in [6.07, 6.45) is 2.45. The summed E-state index contributed by atoms with van der Waals surface area (Å²) >= 11 is 0. The number of methoxy groups -OCH3 is 1. The molecular formula is C19H19NO2. The van der Waals surface area contributed by atoms with Crippen molar-refractivity contribution in [2.45, 2.75) is 32.6 Å². The molecule has 112 valence electrons. The smallest absolute Gasteiger partial charge is 0.176 e. The number of rotatable bonds is 3. The topological polar surface area (TPSA) is 35.3 Å². The molecule has 1 saturated carbocycles. The Morgan fingerprint density at radius 1 is 1.09 bits per heavy atom. The van der Waals surface area contributed by atoms with E-state index in [4.69, 9.17) is 9.15 Å². The van der Waals surface area contributed by atoms with E-state index in [2.05, 4.69) is 29.2 Å². The van der Waals surface area contributed by atoms with E-state index in [1.54, 1.807) is 7.11 Å². The molecule has 2 heterocycles. The fraction of sp³-hybridized carbons (Fsp3) is 0.316. The average Bonchev–Trinajstić information content (AvgIpc) is 3.24. The van der Waals surface area contributed by atoms with Crippen molar-refractivity contribution in [1.82, 2.24) is 4.98 Å². The number of nitrogens with zero attached hydrogens (tertiary/aromatic N) is 1. The highest BCUT2D eigenvalue weighted by Crippen LogP contribution is 2.45. The summed E-state index contributed by atoms with van der Waals surface area (Å²) in [5.41, 5.74) is 5.28. The summed E-state index contributed by atoms with van der Waals surface area (Å²) in [4.78, 5) is 4.47. The predicted molar refractivity (Wildman–Crippen MR) is 87.4 cm³/mol. The Balaban J connectivity index is 1.97. The molecule has 0 aliphatic heterocycles. The molecule has 2 aromatic heterocycles. The number of hydrogen-bond donors (Lipinski definition) is 0. The summed E-state index contributed by atoms with van der Waals surface area (Å²) in [5.74, 6) is 2.47. The van der Waals surface area contributed by atoms with E-state index in [0.29, 0.717) is 5.92 Å². The van der Waals surface area contributed by atoms with E-state index < -0.39 is 0 Å². The zero-order valence-electron chi connectivity index (χ0n) is 13.1. The first-order chi connectivity index (χ1) is 10.7. The molecule has 3 aromatic rings. The molecule has 0 atom stereocenters. The molecule has 3 nitrogen and oxygen atoms in total. The van der Waals surface area contributed by atoms with Crippen LogP contribution in [0.25, 0.3) is 22.1 Å². The highest BCUT2D eigenvalue weighted by atomic mass is 16.5. The summed E-state index contributed by atoms with van der Waals surface area (Å²) in [6.45, 7) is 4.06. The van der Waals surface area contributed by atoms with E-state index in [0.717, 1.165) is 33.9 Å². The third kappa shape index (κ3) is 2.17. The molecule has 1 aliphatic carbocycles. The van der Waals surface area contributed by atoms with Gasteiger partial charge in [0.15, 0.2) is 11.3 Å². The lowest BCUT2D eigenvalue weighted by Gasteiger charge is -2.08. The zero-order valence-corrected chi connectivity index (χ0v) is 13.1. The second kappa shape index (κ2) is 4.87. The van der Waals surface area contributed by atoms with Crippen molar-refractivity contribution >= 4 is 11.0 Å². The molecule has 0 amide bonds. The lowest BCUT2D eigenvalue weighted by molar-refractivity contribution is 0.407. The maximum Gasteiger partial charge on any atom is 0.176 e. The molecule has 0 unspecified atom stereocenters. The van der Waals surface area contributed by atoms with Crippen LogP contribution >= 0.6 is 0 Å². The SMILES string of the molecule is COc1ccc(-c2cc(C)nc(C)c2)c2cc(C3CC3)oc12. The standard InChI is InChI=1S/C19H19NO2/c1-11-8-14(9-12(2)20-11)15-6-7-17(21-3)19-16(15)10-18(22-19)13-4-5-13/h6-10,13H,4-5H2,1-3H3. The fourth-order valence-corrected chi connectivity index (χ4v) is 3.09. The Bertz CT molecular complexity index is 839. The summed E-state index contributed by atoms with van der Waals surface area (Å²) < 4.78 is 11.6. The maximum absolute atomic E-state index is 6.10. The highest BCUT2D eigenvalue weighted by Gasteiger charge is 2.28. The quantitative estimate of drug-likeness (QED) is 0.682. The van der Waals surface area contributed by atoms with Crippen molar-refractivity contribution in [2.24, 2.45) is 0 Å². The second-order valence-corrected chi connectivity index (χ2v) is 6.12. The Morgan fingerprint density at radius 2 is 1.82 bits per heavy atom. The number of furan rings is 1. The number of ether oxygens (including phenoxy) is 1. The monoisotopic (exact) mass is 293 g/mol. The summed E-state index contributed by atoms with van der Waals surface area (Å²) in [6, 6.07) is 10.5. The first kappa shape index (κ1) is 13.4. The van der Waals surface area contributed by atoms with Crippen molar-refractivity contribution in [3.05, 3.63) is 47.5 Å². The molecule has 0 N–H and O–H groups in total. The van der Waals surface area contributed by atoms with Crippen LogP contribution in [0.1, 0.15) is 35.9 Å². The lowest BCUT2D eigenvalue weighted by Crippen LogP contribution is -1.89. The van der Waals surface area contributed by atoms with Gasteiger partial charge in [0.1, 0.15) is 5.76 Å². The summed E-state index contributed by atoms with van der Waals surface area (Å²) in [5, 5.41) is 1.13. The minimum atomic E-state index is 0.589. The molecule has 1 aromatic carbocycles. The Morgan fingerprint density at radius 3 is 2.45 bits per heavy atom. The lowest BCUT2D eigenvalue weighted by atomic mass is 10.0. The van der Waals surface area contributed by atoms with Crippen LogP contribution < -0.4 is 4.74 Å². The zero-order chi connectivity index (χ0) is 15.3. The van der Waals surface area contributed by atoms with E-state index >= 15 is 0 Å². The fourth-order valence-electron chi connectivity index (χ4n) is 3.09. The normalized spacial score (nSPS) is 14.5. The first-order valence-electron chi connectivity index (χ1n) is 7.72. The van der Waals surface area contributed by atoms with Gasteiger partial charge < -0.3 is 9.15 Å². The molecule has 22 heavy (non-hydrogen) atoms. The van der Waals surface area contributed by atoms with Gasteiger partial charge in [0.05, 0.1) is 7.11 Å². The van der Waals surface area contributed by atoms with Crippen LogP contribution in [0, 0.1) is 13.8 Å². The minimum Gasteiger partial charge on any atom is -0.493 e. The highest BCUT2D eigenvalue weighted by molar-refractivity contribution is 5.97. The molecule has 4 rings (SSSR count). The van der Waals surface area contributed by atoms with Crippen molar-refractivity contribution in [1.29, 1.82) is 0 Å². The molecule has 1 fully saturated rings. The third-order valence-electron chi connectivity index (χ3n) is 4.26. The minimum absolute atomic E-state index is 0.589. The Hall–Kier alpha value is -2.29. The van der Waals surface area contributed by atoms with E-state index in [1.165, 1.54) is 24.0 Å². The van der Waals surface area contributed by atoms with Crippen molar-refractivity contribution in [3.63, 3.8) is 0 Å². The van der Waals surface area contributed by atoms with Crippen molar-refractivity contribution in [3.8, 4) is 16.9 Å². The molecular weight excluding hydrogens is 274 g/mol. The number of pyridine rings is 1. The molecule has 0 saturated heterocycles. The third-order valence-corrected chi connectivity index (χ3v) is 4.26. The van der Waals surface area contributed by atoms with Gasteiger partial charge in [-0.25, -0.2) is 0 Å². The van der Waals surface area contributed by atoms with Gasteiger partial charge >= 0.3 is 0 Å². The van der Waals surface area contributed by atoms with Gasteiger partial charge in [-0.3, -0.25) is 4.98 Å². The number of fused-ring (bicyclic) bond motifs is 1. The molecule has 1 aliphatic rings. The number of aryl methyl sites for hydroxylation is 2. The van der Waals surface area contributed by atoms with Gasteiger partial charge in [0, 0.05) is 22.7 Å². The predicted octanol–water partition coefficient (Wildman–Crippen LogP) is 5.00. The van der Waals surface area contributed by atoms with Crippen LogP contribution in [0.4, 0.5) is 0 Å². The van der Waals surface area contributed by atoms with Gasteiger partial charge in [-0.1, -0.05) is 0 Å². The number of benzene rings is 1. The van der Waals surface area contributed by atoms with Gasteiger partial charge in [0.25, 0.3) is 0 Å². The molecule has 3 heteroatoms. The molecule has 0 spiro atoms. The largest absolute Gasteiger partial charge is 0.493 e. The van der Waals surface area contributed by atoms with Gasteiger partial charge in [0.2, 0.25) is 0 Å². The van der Waals surface area contributed by atoms with Crippen molar-refractivity contribution < 1.29 is 9.15 Å². The number of hydrogen-bond acceptors (Lipinski definition) is 3. The number of aromatic nitrogens is 1. The first-order valence-corrected chi connectivity index (χ1v) is 7.72. The maximum atomic E-state index is 6.10. The van der Waals surface area contributed by atoms with Crippen molar-refractivity contribution in [2.75, 3.05) is 7.11 Å². The van der Waals surface area contributed by atoms with Crippen LogP contribution in [0.15, 0.2) is 34.7 Å². The van der Waals surface area contributed by atoms with E-state index in [9.17, 15) is 0 Å². The van der Waals surface area contributed by atoms with Crippen LogP contribution in [0.3, 0.4) is 0 Å². The van der Waals surface area contributed by atoms with Crippen LogP contribution in [-0.4, -0.2) is 12.1 Å². The molecule has 0 radical (unpaired) electrons.